The second-order valence-corrected chi connectivity index (χ2v) is 12.5. The molecule has 34 heavy (non-hydrogen) atoms. The molecule has 0 aliphatic heterocycles. The van der Waals surface area contributed by atoms with E-state index in [1.807, 2.05) is 52.5 Å². The molecule has 0 bridgehead atoms. The van der Waals surface area contributed by atoms with E-state index in [-0.39, 0.29) is 18.6 Å². The highest BCUT2D eigenvalue weighted by molar-refractivity contribution is 7.85. The quantitative estimate of drug-likeness (QED) is 0.241. The minimum absolute atomic E-state index is 0.149. The molecule has 0 heterocycles. The van der Waals surface area contributed by atoms with Crippen LogP contribution in [0.15, 0.2) is 48.5 Å². The van der Waals surface area contributed by atoms with Crippen molar-refractivity contribution in [1.82, 2.24) is 8.97 Å². The summed E-state index contributed by atoms with van der Waals surface area (Å²) in [5.41, 5.74) is 2.78. The molecular formula is C23H32N2O7S2. The van der Waals surface area contributed by atoms with Crippen LogP contribution in [0.1, 0.15) is 28.8 Å². The zero-order valence-electron chi connectivity index (χ0n) is 19.9. The molecule has 2 aromatic rings. The summed E-state index contributed by atoms with van der Waals surface area (Å²) in [4.78, 5) is 12.9. The van der Waals surface area contributed by atoms with Crippen LogP contribution >= 0.6 is 0 Å². The third-order valence-electron chi connectivity index (χ3n) is 5.88. The number of hydrogen-bond acceptors (Lipinski definition) is 7. The molecule has 9 nitrogen and oxygen atoms in total. The van der Waals surface area contributed by atoms with Gasteiger partial charge in [0.2, 0.25) is 0 Å². The van der Waals surface area contributed by atoms with Crippen molar-refractivity contribution in [3.63, 3.8) is 0 Å². The topological polar surface area (TPSA) is 131 Å². The fourth-order valence-corrected chi connectivity index (χ4v) is 4.70. The van der Waals surface area contributed by atoms with Crippen LogP contribution in [0, 0.1) is 0 Å². The first-order valence-electron chi connectivity index (χ1n) is 10.8. The van der Waals surface area contributed by atoms with Crippen molar-refractivity contribution in [3.05, 3.63) is 59.7 Å². The lowest BCUT2D eigenvalue weighted by Crippen LogP contribution is -2.42. The number of rotatable bonds is 12. The van der Waals surface area contributed by atoms with Gasteiger partial charge in [0.1, 0.15) is 11.4 Å². The number of benzene rings is 2. The Kier molecular flexibility index (Phi) is 8.78. The van der Waals surface area contributed by atoms with E-state index in [9.17, 15) is 30.7 Å². The molecule has 11 heteroatoms. The highest BCUT2D eigenvalue weighted by Crippen LogP contribution is 2.24. The maximum Gasteiger partial charge on any atom is 0.193 e. The summed E-state index contributed by atoms with van der Waals surface area (Å²) < 4.78 is 65.7. The van der Waals surface area contributed by atoms with Crippen LogP contribution in [-0.4, -0.2) is 84.5 Å². The molecule has 2 aromatic carbocycles. The first-order valence-corrected chi connectivity index (χ1v) is 13.9. The third-order valence-corrected chi connectivity index (χ3v) is 7.46. The van der Waals surface area contributed by atoms with E-state index < -0.39 is 31.7 Å². The standard InChI is InChI=1S/C23H32N2O7S2/c1-24(2,15-5-17-33(27,28)29)21-11-7-19(8-12-21)23(26)20-9-13-22(14-10-20)25(3,4)16-6-18-34(30,31)32/h7-14H,5-6,15-18H2,1-4H3. The summed E-state index contributed by atoms with van der Waals surface area (Å²) in [6.45, 7) is 0.927. The normalized spacial score (nSPS) is 13.1. The maximum atomic E-state index is 12.9. The minimum atomic E-state index is -4.24. The number of carbonyl (C=O) groups excluding carboxylic acids is 1. The van der Waals surface area contributed by atoms with E-state index in [0.717, 1.165) is 11.4 Å². The average Bonchev–Trinajstić information content (AvgIpc) is 2.71. The monoisotopic (exact) mass is 512 g/mol. The van der Waals surface area contributed by atoms with Gasteiger partial charge in [-0.3, -0.25) is 13.8 Å². The molecule has 0 N–H and O–H groups in total. The van der Waals surface area contributed by atoms with Gasteiger partial charge in [-0.25, -0.2) is 16.8 Å². The van der Waals surface area contributed by atoms with Crippen molar-refractivity contribution in [2.24, 2.45) is 0 Å². The lowest BCUT2D eigenvalue weighted by atomic mass is 10.0. The molecule has 0 aromatic heterocycles. The number of quaternary nitrogens is 2. The van der Waals surface area contributed by atoms with Crippen molar-refractivity contribution < 1.29 is 30.7 Å². The Morgan fingerprint density at radius 3 is 1.21 bits per heavy atom. The zero-order chi connectivity index (χ0) is 25.8. The fourth-order valence-electron chi connectivity index (χ4n) is 3.73. The van der Waals surface area contributed by atoms with Gasteiger partial charge in [-0.05, 0) is 48.5 Å². The molecule has 2 rings (SSSR count). The van der Waals surface area contributed by atoms with Crippen LogP contribution in [0.5, 0.6) is 0 Å². The van der Waals surface area contributed by atoms with Crippen molar-refractivity contribution >= 4 is 37.4 Å². The third kappa shape index (κ3) is 8.57. The molecule has 0 aliphatic carbocycles. The van der Waals surface area contributed by atoms with Crippen molar-refractivity contribution in [1.29, 1.82) is 0 Å². The van der Waals surface area contributed by atoms with Gasteiger partial charge in [0.25, 0.3) is 0 Å². The maximum absolute atomic E-state index is 12.9. The van der Waals surface area contributed by atoms with Gasteiger partial charge in [0.05, 0.1) is 61.5 Å². The number of carbonyl (C=O) groups is 1. The van der Waals surface area contributed by atoms with Crippen molar-refractivity contribution in [2.45, 2.75) is 12.8 Å². The van der Waals surface area contributed by atoms with E-state index in [1.54, 1.807) is 24.3 Å². The largest absolute Gasteiger partial charge is 0.748 e. The SMILES string of the molecule is C[N+](C)(CCCS(=O)(=O)[O-])c1ccc(C(=O)c2ccc([N+](C)(C)CCCS(=O)(=O)[O-])cc2)cc1. The van der Waals surface area contributed by atoms with Crippen LogP contribution < -0.4 is 8.97 Å². The lowest BCUT2D eigenvalue weighted by molar-refractivity contribution is 0.103. The lowest BCUT2D eigenvalue weighted by Gasteiger charge is -2.29. The fraction of sp³-hybridized carbons (Fsp3) is 0.435. The van der Waals surface area contributed by atoms with Crippen molar-refractivity contribution in [2.75, 3.05) is 52.8 Å². The Hall–Kier alpha value is -2.15. The molecule has 0 atom stereocenters. The van der Waals surface area contributed by atoms with E-state index in [1.165, 1.54) is 0 Å². The van der Waals surface area contributed by atoms with E-state index in [4.69, 9.17) is 0 Å². The molecule has 0 unspecified atom stereocenters. The van der Waals surface area contributed by atoms with Gasteiger partial charge < -0.3 is 9.11 Å². The summed E-state index contributed by atoms with van der Waals surface area (Å²) >= 11 is 0. The first-order chi connectivity index (χ1) is 15.5. The number of nitrogens with zero attached hydrogens (tertiary/aromatic N) is 2. The van der Waals surface area contributed by atoms with Gasteiger partial charge in [-0.2, -0.15) is 0 Å². The van der Waals surface area contributed by atoms with Gasteiger partial charge in [-0.15, -0.1) is 0 Å². The molecule has 0 saturated heterocycles. The Bertz CT molecular complexity index is 1110. The summed E-state index contributed by atoms with van der Waals surface area (Å²) in [7, 11) is -0.877. The highest BCUT2D eigenvalue weighted by Gasteiger charge is 2.22. The van der Waals surface area contributed by atoms with E-state index in [2.05, 4.69) is 0 Å². The first kappa shape index (κ1) is 28.1. The molecular weight excluding hydrogens is 480 g/mol. The molecule has 0 aliphatic rings. The molecule has 0 amide bonds. The molecule has 188 valence electrons. The van der Waals surface area contributed by atoms with Crippen LogP contribution in [0.3, 0.4) is 0 Å². The predicted molar refractivity (Wildman–Crippen MR) is 132 cm³/mol. The summed E-state index contributed by atoms with van der Waals surface area (Å²) in [6, 6.07) is 14.2. The van der Waals surface area contributed by atoms with Crippen LogP contribution in [-0.2, 0) is 20.2 Å². The van der Waals surface area contributed by atoms with Gasteiger partial charge in [0.15, 0.2) is 5.78 Å². The summed E-state index contributed by atoms with van der Waals surface area (Å²) in [6.07, 6.45) is 0.487. The van der Waals surface area contributed by atoms with Gasteiger partial charge >= 0.3 is 0 Å². The average molecular weight is 513 g/mol. The minimum Gasteiger partial charge on any atom is -0.748 e. The predicted octanol–water partition coefficient (Wildman–Crippen LogP) is 1.92. The Labute approximate surface area is 202 Å². The Balaban J connectivity index is 2.07. The zero-order valence-corrected chi connectivity index (χ0v) is 21.6. The summed E-state index contributed by atoms with van der Waals surface area (Å²) in [5, 5.41) is 0. The van der Waals surface area contributed by atoms with E-state index >= 15 is 0 Å². The highest BCUT2D eigenvalue weighted by atomic mass is 32.2. The number of hydrogen-bond donors (Lipinski definition) is 0. The summed E-state index contributed by atoms with van der Waals surface area (Å²) in [5.74, 6) is -0.966. The second-order valence-electron chi connectivity index (χ2n) is 9.47. The molecule has 0 saturated carbocycles. The van der Waals surface area contributed by atoms with Gasteiger partial charge in [-0.1, -0.05) is 0 Å². The van der Waals surface area contributed by atoms with Gasteiger partial charge in [0, 0.05) is 35.5 Å². The molecule has 0 spiro atoms. The second kappa shape index (κ2) is 10.6. The Morgan fingerprint density at radius 2 is 0.941 bits per heavy atom. The van der Waals surface area contributed by atoms with Crippen molar-refractivity contribution in [3.8, 4) is 0 Å². The van der Waals surface area contributed by atoms with E-state index in [0.29, 0.717) is 33.2 Å². The van der Waals surface area contributed by atoms with Crippen LogP contribution in [0.2, 0.25) is 0 Å². The smallest absolute Gasteiger partial charge is 0.193 e. The molecule has 0 radical (unpaired) electrons. The van der Waals surface area contributed by atoms with Crippen LogP contribution in [0.25, 0.3) is 0 Å². The Morgan fingerprint density at radius 1 is 0.647 bits per heavy atom. The molecule has 0 fully saturated rings. The van der Waals surface area contributed by atoms with Crippen LogP contribution in [0.4, 0.5) is 11.4 Å². The number of ketones is 1.